The zero-order valence-corrected chi connectivity index (χ0v) is 27.6. The van der Waals surface area contributed by atoms with E-state index in [1.807, 2.05) is 18.7 Å². The van der Waals surface area contributed by atoms with Crippen LogP contribution in [-0.4, -0.2) is 94.7 Å². The van der Waals surface area contributed by atoms with E-state index in [0.717, 1.165) is 31.7 Å². The molecule has 0 radical (unpaired) electrons. The molecule has 7 nitrogen and oxygen atoms in total. The van der Waals surface area contributed by atoms with Crippen molar-refractivity contribution < 1.29 is 23.2 Å². The van der Waals surface area contributed by atoms with Crippen molar-refractivity contribution in [2.75, 3.05) is 33.7 Å². The van der Waals surface area contributed by atoms with Gasteiger partial charge in [-0.25, -0.2) is 8.78 Å². The summed E-state index contributed by atoms with van der Waals surface area (Å²) < 4.78 is 29.0. The fraction of sp³-hybridized carbons (Fsp3) is 0.735. The third kappa shape index (κ3) is 7.07. The SMILES string of the molecule is CC(C)C(=O)N(C1CCC(C)(C)CC1)[C@H]1C[C@@H](C(=O)N(C)C)N(C(=O)[C@@H]2CN(C(C)(C)C)C[C@H]2c2ccc(F)cc2F)C1. The molecule has 3 amide bonds. The van der Waals surface area contributed by atoms with Crippen LogP contribution in [0.5, 0.6) is 0 Å². The van der Waals surface area contributed by atoms with Gasteiger partial charge < -0.3 is 14.7 Å². The molecule has 4 rings (SSSR count). The summed E-state index contributed by atoms with van der Waals surface area (Å²) in [5.74, 6) is -2.94. The molecule has 1 aromatic carbocycles. The van der Waals surface area contributed by atoms with Gasteiger partial charge >= 0.3 is 0 Å². The predicted molar refractivity (Wildman–Crippen MR) is 164 cm³/mol. The number of nitrogens with zero attached hydrogens (tertiary/aromatic N) is 4. The lowest BCUT2D eigenvalue weighted by atomic mass is 9.75. The minimum absolute atomic E-state index is 0.0612. The smallest absolute Gasteiger partial charge is 0.244 e. The first-order valence-electron chi connectivity index (χ1n) is 15.9. The minimum Gasteiger partial charge on any atom is -0.347 e. The van der Waals surface area contributed by atoms with E-state index in [0.29, 0.717) is 25.1 Å². The van der Waals surface area contributed by atoms with Gasteiger partial charge in [-0.15, -0.1) is 0 Å². The molecule has 4 atom stereocenters. The Hall–Kier alpha value is -2.55. The first-order chi connectivity index (χ1) is 19.9. The lowest BCUT2D eigenvalue weighted by Gasteiger charge is -2.43. The van der Waals surface area contributed by atoms with Gasteiger partial charge in [-0.1, -0.05) is 33.8 Å². The average Bonchev–Trinajstić information content (AvgIpc) is 3.54. The van der Waals surface area contributed by atoms with Crippen molar-refractivity contribution in [2.45, 2.75) is 110 Å². The van der Waals surface area contributed by atoms with E-state index in [-0.39, 0.29) is 53.2 Å². The summed E-state index contributed by atoms with van der Waals surface area (Å²) in [5, 5.41) is 0. The molecule has 2 saturated heterocycles. The van der Waals surface area contributed by atoms with Crippen molar-refractivity contribution in [3.8, 4) is 0 Å². The van der Waals surface area contributed by atoms with Crippen molar-refractivity contribution in [3.63, 3.8) is 0 Å². The zero-order valence-electron chi connectivity index (χ0n) is 27.6. The van der Waals surface area contributed by atoms with Gasteiger partial charge in [0, 0.05) is 63.2 Å². The summed E-state index contributed by atoms with van der Waals surface area (Å²) >= 11 is 0. The molecule has 43 heavy (non-hydrogen) atoms. The van der Waals surface area contributed by atoms with Crippen molar-refractivity contribution in [2.24, 2.45) is 17.3 Å². The van der Waals surface area contributed by atoms with E-state index in [2.05, 4.69) is 39.5 Å². The molecule has 3 aliphatic rings. The quantitative estimate of drug-likeness (QED) is 0.444. The highest BCUT2D eigenvalue weighted by Gasteiger charge is 2.51. The molecule has 0 aromatic heterocycles. The van der Waals surface area contributed by atoms with E-state index in [4.69, 9.17) is 0 Å². The first-order valence-corrected chi connectivity index (χ1v) is 15.9. The van der Waals surface area contributed by atoms with Crippen LogP contribution in [0.1, 0.15) is 92.1 Å². The maximum atomic E-state index is 15.2. The van der Waals surface area contributed by atoms with Gasteiger partial charge in [0.25, 0.3) is 0 Å². The maximum Gasteiger partial charge on any atom is 0.244 e. The summed E-state index contributed by atoms with van der Waals surface area (Å²) in [5.41, 5.74) is 0.279. The van der Waals surface area contributed by atoms with Crippen molar-refractivity contribution in [1.82, 2.24) is 19.6 Å². The number of likely N-dealkylation sites (tertiary alicyclic amines) is 2. The number of likely N-dealkylation sites (N-methyl/N-ethyl adjacent to an activating group) is 1. The molecule has 1 saturated carbocycles. The van der Waals surface area contributed by atoms with Gasteiger partial charge in [0.05, 0.1) is 12.0 Å². The van der Waals surface area contributed by atoms with Gasteiger partial charge in [0.2, 0.25) is 17.7 Å². The molecule has 2 heterocycles. The Bertz CT molecular complexity index is 1200. The van der Waals surface area contributed by atoms with E-state index < -0.39 is 29.5 Å². The zero-order chi connectivity index (χ0) is 32.0. The molecule has 240 valence electrons. The first kappa shape index (κ1) is 33.3. The molecule has 0 spiro atoms. The summed E-state index contributed by atoms with van der Waals surface area (Å²) in [4.78, 5) is 49.3. The Kier molecular flexibility index (Phi) is 9.65. The predicted octanol–water partition coefficient (Wildman–Crippen LogP) is 5.29. The number of hydrogen-bond donors (Lipinski definition) is 0. The monoisotopic (exact) mass is 602 g/mol. The third-order valence-corrected chi connectivity index (χ3v) is 10.1. The molecule has 1 aliphatic carbocycles. The van der Waals surface area contributed by atoms with Gasteiger partial charge in [0.15, 0.2) is 0 Å². The Morgan fingerprint density at radius 1 is 0.977 bits per heavy atom. The highest BCUT2D eigenvalue weighted by molar-refractivity contribution is 5.90. The van der Waals surface area contributed by atoms with E-state index >= 15 is 4.39 Å². The fourth-order valence-corrected chi connectivity index (χ4v) is 7.34. The number of carbonyl (C=O) groups is 3. The van der Waals surface area contributed by atoms with Gasteiger partial charge in [-0.05, 0) is 69.9 Å². The van der Waals surface area contributed by atoms with Gasteiger partial charge in [0.1, 0.15) is 17.7 Å². The second-order valence-corrected chi connectivity index (χ2v) is 15.4. The number of halogens is 2. The summed E-state index contributed by atoms with van der Waals surface area (Å²) in [6.07, 6.45) is 4.22. The second-order valence-electron chi connectivity index (χ2n) is 15.4. The van der Waals surface area contributed by atoms with Crippen LogP contribution in [-0.2, 0) is 14.4 Å². The van der Waals surface area contributed by atoms with Crippen LogP contribution in [0.2, 0.25) is 0 Å². The average molecular weight is 603 g/mol. The molecule has 0 unspecified atom stereocenters. The van der Waals surface area contributed by atoms with Crippen molar-refractivity contribution in [3.05, 3.63) is 35.4 Å². The largest absolute Gasteiger partial charge is 0.347 e. The molecule has 0 N–H and O–H groups in total. The van der Waals surface area contributed by atoms with Crippen LogP contribution < -0.4 is 0 Å². The molecule has 0 bridgehead atoms. The molecule has 3 fully saturated rings. The Labute approximate surface area is 256 Å². The summed E-state index contributed by atoms with van der Waals surface area (Å²) in [6.45, 7) is 15.6. The van der Waals surface area contributed by atoms with Gasteiger partial charge in [-0.2, -0.15) is 0 Å². The van der Waals surface area contributed by atoms with Gasteiger partial charge in [-0.3, -0.25) is 19.3 Å². The van der Waals surface area contributed by atoms with Crippen LogP contribution in [0.3, 0.4) is 0 Å². The maximum absolute atomic E-state index is 15.2. The number of hydrogen-bond acceptors (Lipinski definition) is 4. The van der Waals surface area contributed by atoms with Crippen LogP contribution in [0.4, 0.5) is 8.78 Å². The normalized spacial score (nSPS) is 26.7. The van der Waals surface area contributed by atoms with Crippen molar-refractivity contribution in [1.29, 1.82) is 0 Å². The topological polar surface area (TPSA) is 64.2 Å². The third-order valence-electron chi connectivity index (χ3n) is 10.1. The number of amides is 3. The second kappa shape index (κ2) is 12.4. The number of carbonyl (C=O) groups excluding carboxylic acids is 3. The van der Waals surface area contributed by atoms with E-state index in [9.17, 15) is 18.8 Å². The Morgan fingerprint density at radius 2 is 1.60 bits per heavy atom. The summed E-state index contributed by atoms with van der Waals surface area (Å²) in [6, 6.07) is 2.65. The molecular formula is C34H52F2N4O3. The highest BCUT2D eigenvalue weighted by atomic mass is 19.1. The van der Waals surface area contributed by atoms with E-state index in [1.165, 1.54) is 17.0 Å². The fourth-order valence-electron chi connectivity index (χ4n) is 7.34. The lowest BCUT2D eigenvalue weighted by Crippen LogP contribution is -2.52. The highest BCUT2D eigenvalue weighted by Crippen LogP contribution is 2.42. The number of rotatable bonds is 6. The summed E-state index contributed by atoms with van der Waals surface area (Å²) in [7, 11) is 3.37. The Balaban J connectivity index is 1.69. The molecule has 2 aliphatic heterocycles. The lowest BCUT2D eigenvalue weighted by molar-refractivity contribution is -0.145. The van der Waals surface area contributed by atoms with Crippen LogP contribution >= 0.6 is 0 Å². The molecule has 9 heteroatoms. The van der Waals surface area contributed by atoms with Crippen LogP contribution in [0.25, 0.3) is 0 Å². The Morgan fingerprint density at radius 3 is 2.14 bits per heavy atom. The standard InChI is InChI=1S/C34H52F2N4O3/c1-21(2)30(41)40(23-12-14-34(6,7)15-13-23)24-17-29(32(43)37(8)9)39(18-24)31(42)27-20-38(33(3,4)5)19-26(27)25-11-10-22(35)16-28(25)36/h10-11,16,21,23-24,26-27,29H,12-15,17-20H2,1-9H3/t24-,26-,27+,29-/m0/s1. The van der Waals surface area contributed by atoms with Crippen LogP contribution in [0.15, 0.2) is 18.2 Å². The minimum atomic E-state index is -0.711. The number of benzene rings is 1. The molecule has 1 aromatic rings. The van der Waals surface area contributed by atoms with E-state index in [1.54, 1.807) is 19.0 Å². The van der Waals surface area contributed by atoms with Crippen molar-refractivity contribution >= 4 is 17.7 Å². The molecular weight excluding hydrogens is 550 g/mol. The van der Waals surface area contributed by atoms with Crippen LogP contribution in [0, 0.1) is 28.9 Å².